The minimum atomic E-state index is -4.46. The van der Waals surface area contributed by atoms with Crippen LogP contribution in [-0.4, -0.2) is 70.4 Å². The second-order valence-corrected chi connectivity index (χ2v) is 8.10. The topological polar surface area (TPSA) is 95.8 Å². The number of hydrogen-bond acceptors (Lipinski definition) is 6. The Labute approximate surface area is 186 Å². The normalized spacial score (nSPS) is 14.4. The molecule has 0 atom stereocenters. The van der Waals surface area contributed by atoms with Crippen LogP contribution in [0.2, 0.25) is 0 Å². The first-order valence-corrected chi connectivity index (χ1v) is 10.8. The predicted molar refractivity (Wildman–Crippen MR) is 111 cm³/mol. The number of piperazine rings is 1. The summed E-state index contributed by atoms with van der Waals surface area (Å²) in [6.45, 7) is 2.89. The fourth-order valence-electron chi connectivity index (χ4n) is 3.07. The number of benzene rings is 1. The Kier molecular flexibility index (Phi) is 7.44. The predicted octanol–water partition coefficient (Wildman–Crippen LogP) is 2.66. The Morgan fingerprint density at radius 3 is 2.25 bits per heavy atom. The summed E-state index contributed by atoms with van der Waals surface area (Å²) in [6, 6.07) is 5.66. The molecule has 2 heterocycles. The number of nitrogens with one attached hydrogen (secondary N) is 1. The fraction of sp³-hybridized carbons (Fsp3) is 0.400. The molecule has 8 nitrogen and oxygen atoms in total. The largest absolute Gasteiger partial charge is 0.416 e. The van der Waals surface area contributed by atoms with Gasteiger partial charge in [0.1, 0.15) is 5.76 Å². The lowest BCUT2D eigenvalue weighted by Crippen LogP contribution is -2.51. The molecule has 12 heteroatoms. The van der Waals surface area contributed by atoms with Crippen LogP contribution in [0.4, 0.5) is 19.0 Å². The Morgan fingerprint density at radius 2 is 1.69 bits per heavy atom. The third kappa shape index (κ3) is 6.25. The zero-order valence-corrected chi connectivity index (χ0v) is 18.0. The Hall–Kier alpha value is -3.02. The van der Waals surface area contributed by atoms with E-state index >= 15 is 0 Å². The summed E-state index contributed by atoms with van der Waals surface area (Å²) in [5, 5.41) is 6.22. The zero-order valence-electron chi connectivity index (χ0n) is 17.1. The van der Waals surface area contributed by atoms with Crippen molar-refractivity contribution in [1.29, 1.82) is 0 Å². The third-order valence-corrected chi connectivity index (χ3v) is 5.65. The molecular weight excluding hydrogens is 449 g/mol. The van der Waals surface area contributed by atoms with E-state index in [4.69, 9.17) is 4.52 Å². The highest BCUT2D eigenvalue weighted by Crippen LogP contribution is 2.29. The molecule has 0 saturated carbocycles. The highest BCUT2D eigenvalue weighted by atomic mass is 32.2. The molecule has 1 saturated heterocycles. The van der Waals surface area contributed by atoms with Crippen molar-refractivity contribution in [2.75, 3.05) is 43.0 Å². The molecular formula is C20H21F3N4O4S. The van der Waals surface area contributed by atoms with E-state index in [-0.39, 0.29) is 47.9 Å². The van der Waals surface area contributed by atoms with Crippen LogP contribution < -0.4 is 5.32 Å². The van der Waals surface area contributed by atoms with E-state index in [1.165, 1.54) is 4.90 Å². The maximum Gasteiger partial charge on any atom is 0.416 e. The van der Waals surface area contributed by atoms with Crippen LogP contribution in [-0.2, 0) is 15.8 Å². The molecule has 0 unspecified atom stereocenters. The Balaban J connectivity index is 1.40. The van der Waals surface area contributed by atoms with Crippen LogP contribution in [0.3, 0.4) is 0 Å². The molecule has 3 amide bonds. The molecule has 0 radical (unpaired) electrons. The van der Waals surface area contributed by atoms with Crippen molar-refractivity contribution in [3.63, 3.8) is 0 Å². The molecule has 0 spiro atoms. The summed E-state index contributed by atoms with van der Waals surface area (Å²) in [6.07, 6.45) is -4.46. The minimum Gasteiger partial charge on any atom is -0.360 e. The highest BCUT2D eigenvalue weighted by Gasteiger charge is 2.31. The van der Waals surface area contributed by atoms with Gasteiger partial charge >= 0.3 is 6.18 Å². The van der Waals surface area contributed by atoms with Crippen LogP contribution in [0.5, 0.6) is 0 Å². The van der Waals surface area contributed by atoms with E-state index < -0.39 is 11.7 Å². The van der Waals surface area contributed by atoms with E-state index in [2.05, 4.69) is 10.5 Å². The molecule has 1 aromatic carbocycles. The molecule has 1 fully saturated rings. The van der Waals surface area contributed by atoms with E-state index in [1.54, 1.807) is 17.9 Å². The quantitative estimate of drug-likeness (QED) is 0.698. The van der Waals surface area contributed by atoms with Crippen molar-refractivity contribution in [3.8, 4) is 0 Å². The summed E-state index contributed by atoms with van der Waals surface area (Å²) in [7, 11) is 0. The number of nitrogens with zero attached hydrogens (tertiary/aromatic N) is 3. The average molecular weight is 470 g/mol. The first-order chi connectivity index (χ1) is 15.1. The number of aryl methyl sites for hydroxylation is 1. The first kappa shape index (κ1) is 23.6. The van der Waals surface area contributed by atoms with Crippen molar-refractivity contribution < 1.29 is 32.1 Å². The zero-order chi connectivity index (χ0) is 23.3. The van der Waals surface area contributed by atoms with Gasteiger partial charge in [0.2, 0.25) is 11.8 Å². The van der Waals surface area contributed by atoms with E-state index in [0.717, 1.165) is 36.0 Å². The molecule has 172 valence electrons. The summed E-state index contributed by atoms with van der Waals surface area (Å²) in [4.78, 5) is 39.8. The Morgan fingerprint density at radius 1 is 1.06 bits per heavy atom. The number of alkyl halides is 3. The molecule has 2 aromatic rings. The maximum absolute atomic E-state index is 12.7. The van der Waals surface area contributed by atoms with E-state index in [0.29, 0.717) is 24.7 Å². The van der Waals surface area contributed by atoms with Gasteiger partial charge in [-0.25, -0.2) is 0 Å². The van der Waals surface area contributed by atoms with Gasteiger partial charge in [-0.05, 0) is 31.2 Å². The van der Waals surface area contributed by atoms with Crippen LogP contribution >= 0.6 is 11.8 Å². The van der Waals surface area contributed by atoms with Crippen molar-refractivity contribution in [3.05, 3.63) is 47.2 Å². The lowest BCUT2D eigenvalue weighted by Gasteiger charge is -2.34. The molecule has 3 rings (SSSR count). The van der Waals surface area contributed by atoms with Crippen LogP contribution in [0.25, 0.3) is 0 Å². The van der Waals surface area contributed by atoms with Gasteiger partial charge in [0.05, 0.1) is 17.1 Å². The highest BCUT2D eigenvalue weighted by molar-refractivity contribution is 8.00. The van der Waals surface area contributed by atoms with Gasteiger partial charge in [0, 0.05) is 37.8 Å². The van der Waals surface area contributed by atoms with Crippen molar-refractivity contribution in [2.24, 2.45) is 0 Å². The van der Waals surface area contributed by atoms with Gasteiger partial charge in [-0.3, -0.25) is 14.4 Å². The number of amides is 3. The average Bonchev–Trinajstić information content (AvgIpc) is 3.17. The SMILES string of the molecule is Cc1cc(NC(=O)CSCC(=O)N2CCN(C(=O)c3ccc(C(F)(F)F)cc3)CC2)no1. The number of thioether (sulfide) groups is 1. The molecule has 1 aliphatic rings. The van der Waals surface area contributed by atoms with Crippen molar-refractivity contribution in [2.45, 2.75) is 13.1 Å². The number of carbonyl (C=O) groups is 3. The fourth-order valence-corrected chi connectivity index (χ4v) is 3.79. The first-order valence-electron chi connectivity index (χ1n) is 9.68. The number of carbonyl (C=O) groups excluding carboxylic acids is 3. The molecule has 32 heavy (non-hydrogen) atoms. The summed E-state index contributed by atoms with van der Waals surface area (Å²) >= 11 is 1.16. The second-order valence-electron chi connectivity index (χ2n) is 7.11. The third-order valence-electron chi connectivity index (χ3n) is 4.73. The Bertz CT molecular complexity index is 970. The minimum absolute atomic E-state index is 0.0734. The van der Waals surface area contributed by atoms with Gasteiger partial charge in [-0.1, -0.05) is 5.16 Å². The summed E-state index contributed by atoms with van der Waals surface area (Å²) in [5.41, 5.74) is -0.645. The van der Waals surface area contributed by atoms with Gasteiger partial charge in [0.15, 0.2) is 5.82 Å². The van der Waals surface area contributed by atoms with Crippen LogP contribution in [0.1, 0.15) is 21.7 Å². The number of rotatable bonds is 6. The smallest absolute Gasteiger partial charge is 0.360 e. The summed E-state index contributed by atoms with van der Waals surface area (Å²) < 4.78 is 42.8. The van der Waals surface area contributed by atoms with Gasteiger partial charge < -0.3 is 19.6 Å². The standard InChI is InChI=1S/C20H21F3N4O4S/c1-13-10-16(25-31-13)24-17(28)11-32-12-18(29)26-6-8-27(9-7-26)19(30)14-2-4-15(5-3-14)20(21,22)23/h2-5,10H,6-9,11-12H2,1H3,(H,24,25,28). The van der Waals surface area contributed by atoms with E-state index in [1.807, 2.05) is 0 Å². The molecule has 0 aliphatic carbocycles. The lowest BCUT2D eigenvalue weighted by atomic mass is 10.1. The second kappa shape index (κ2) is 10.1. The van der Waals surface area contributed by atoms with Crippen LogP contribution in [0.15, 0.2) is 34.9 Å². The lowest BCUT2D eigenvalue weighted by molar-refractivity contribution is -0.137. The molecule has 1 N–H and O–H groups in total. The number of hydrogen-bond donors (Lipinski definition) is 1. The number of halogens is 3. The molecule has 0 bridgehead atoms. The van der Waals surface area contributed by atoms with E-state index in [9.17, 15) is 27.6 Å². The molecule has 1 aliphatic heterocycles. The monoisotopic (exact) mass is 470 g/mol. The van der Waals surface area contributed by atoms with Gasteiger partial charge in [0.25, 0.3) is 5.91 Å². The van der Waals surface area contributed by atoms with Crippen molar-refractivity contribution in [1.82, 2.24) is 15.0 Å². The number of anilines is 1. The number of aromatic nitrogens is 1. The summed E-state index contributed by atoms with van der Waals surface area (Å²) in [5.74, 6) is 0.236. The van der Waals surface area contributed by atoms with Crippen LogP contribution in [0, 0.1) is 6.92 Å². The van der Waals surface area contributed by atoms with Gasteiger partial charge in [-0.2, -0.15) is 13.2 Å². The maximum atomic E-state index is 12.7. The van der Waals surface area contributed by atoms with Crippen molar-refractivity contribution >= 4 is 35.3 Å². The van der Waals surface area contributed by atoms with Gasteiger partial charge in [-0.15, -0.1) is 11.8 Å². The molecule has 1 aromatic heterocycles.